The summed E-state index contributed by atoms with van der Waals surface area (Å²) in [7, 11) is 3.13. The number of aliphatic hydroxyl groups is 2. The SMILES string of the molecule is COc1nc(O[C@H]2CCc3c(-c4cccc5c4CC[C@@H]5Oc4nc(OC)c(CNC[C@@H](O)CC(=O)O)cc4Br)cccc32)c(Br)cc1CNCCO.S.S.S. The second-order valence-electron chi connectivity index (χ2n) is 12.7. The van der Waals surface area contributed by atoms with Gasteiger partial charge >= 0.3 is 5.97 Å². The van der Waals surface area contributed by atoms with E-state index in [9.17, 15) is 9.90 Å². The maximum atomic E-state index is 10.9. The first kappa shape index (κ1) is 46.6. The second-order valence-corrected chi connectivity index (χ2v) is 14.4. The van der Waals surface area contributed by atoms with Crippen molar-refractivity contribution in [3.05, 3.63) is 90.9 Å². The normalized spacial score (nSPS) is 15.7. The molecule has 5 N–H and O–H groups in total. The molecule has 2 heterocycles. The smallest absolute Gasteiger partial charge is 0.306 e. The van der Waals surface area contributed by atoms with Crippen LogP contribution in [0.5, 0.6) is 23.5 Å². The molecule has 0 aliphatic heterocycles. The van der Waals surface area contributed by atoms with E-state index in [1.165, 1.54) is 29.4 Å². The molecule has 55 heavy (non-hydrogen) atoms. The first-order valence-electron chi connectivity index (χ1n) is 17.2. The average Bonchev–Trinajstić information content (AvgIpc) is 3.74. The van der Waals surface area contributed by atoms with Gasteiger partial charge in [0.1, 0.15) is 12.2 Å². The van der Waals surface area contributed by atoms with Crippen molar-refractivity contribution >= 4 is 78.3 Å². The summed E-state index contributed by atoms with van der Waals surface area (Å²) in [5, 5.41) is 34.1. The minimum atomic E-state index is -1.05. The van der Waals surface area contributed by atoms with E-state index in [0.717, 1.165) is 52.4 Å². The van der Waals surface area contributed by atoms with E-state index in [4.69, 9.17) is 29.2 Å². The standard InChI is InChI=1S/C38H42Br2N4O8.3H2S/c1-49-35-21(18-41-13-14-45)15-30(39)37(43-35)51-32-11-9-26-24(5-3-7-28(26)32)25-6-4-8-29-27(25)10-12-33(29)52-38-31(40)16-22(36(44-38)50-2)19-42-20-23(46)17-34(47)48;;;/h3-8,15-16,23,32-33,41-42,45-46H,9-14,17-20H2,1-2H3,(H,47,48);3*1H2/t23-,32-,33-;;;/m0.../s1. The van der Waals surface area contributed by atoms with Gasteiger partial charge in [0.15, 0.2) is 0 Å². The average molecular weight is 945 g/mol. The highest BCUT2D eigenvalue weighted by Crippen LogP contribution is 2.46. The number of carboxylic acid groups (broad SMARTS) is 1. The molecule has 0 radical (unpaired) electrons. The van der Waals surface area contributed by atoms with Crippen molar-refractivity contribution in [2.24, 2.45) is 0 Å². The quantitative estimate of drug-likeness (QED) is 0.0768. The van der Waals surface area contributed by atoms with Crippen LogP contribution in [0.2, 0.25) is 0 Å². The number of rotatable bonds is 17. The lowest BCUT2D eigenvalue weighted by Crippen LogP contribution is -2.28. The van der Waals surface area contributed by atoms with Crippen LogP contribution in [0.3, 0.4) is 0 Å². The molecule has 4 aromatic rings. The summed E-state index contributed by atoms with van der Waals surface area (Å²) >= 11 is 7.26. The van der Waals surface area contributed by atoms with Crippen molar-refractivity contribution in [2.75, 3.05) is 33.9 Å². The number of methoxy groups -OCH3 is 2. The fourth-order valence-electron chi connectivity index (χ4n) is 6.96. The van der Waals surface area contributed by atoms with E-state index >= 15 is 0 Å². The Kier molecular flexibility index (Phi) is 18.4. The Bertz CT molecular complexity index is 1930. The maximum Gasteiger partial charge on any atom is 0.306 e. The Hall–Kier alpha value is -2.74. The number of aromatic nitrogens is 2. The molecule has 2 aromatic heterocycles. The Morgan fingerprint density at radius 3 is 1.71 bits per heavy atom. The molecule has 2 aromatic carbocycles. The molecule has 0 bridgehead atoms. The van der Waals surface area contributed by atoms with E-state index < -0.39 is 12.1 Å². The summed E-state index contributed by atoms with van der Waals surface area (Å²) in [5.41, 5.74) is 8.80. The van der Waals surface area contributed by atoms with Crippen molar-refractivity contribution in [3.8, 4) is 34.6 Å². The predicted molar refractivity (Wildman–Crippen MR) is 232 cm³/mol. The minimum Gasteiger partial charge on any atom is -0.481 e. The summed E-state index contributed by atoms with van der Waals surface area (Å²) in [5.74, 6) is 0.698. The Morgan fingerprint density at radius 1 is 0.800 bits per heavy atom. The molecule has 6 rings (SSSR count). The molecule has 0 amide bonds. The highest BCUT2D eigenvalue weighted by molar-refractivity contribution is 9.10. The van der Waals surface area contributed by atoms with Gasteiger partial charge in [-0.3, -0.25) is 4.79 Å². The first-order valence-corrected chi connectivity index (χ1v) is 18.8. The van der Waals surface area contributed by atoms with E-state index in [1.807, 2.05) is 12.1 Å². The van der Waals surface area contributed by atoms with E-state index in [-0.39, 0.29) is 72.3 Å². The highest BCUT2D eigenvalue weighted by Gasteiger charge is 2.32. The van der Waals surface area contributed by atoms with E-state index in [2.05, 4.69) is 88.9 Å². The van der Waals surface area contributed by atoms with Gasteiger partial charge in [-0.25, -0.2) is 0 Å². The Morgan fingerprint density at radius 2 is 1.27 bits per heavy atom. The summed E-state index contributed by atoms with van der Waals surface area (Å²) in [6.07, 6.45) is 1.63. The van der Waals surface area contributed by atoms with E-state index in [0.29, 0.717) is 47.6 Å². The molecule has 300 valence electrons. The van der Waals surface area contributed by atoms with Gasteiger partial charge in [0.2, 0.25) is 23.5 Å². The number of hydrogen-bond donors (Lipinski definition) is 5. The number of aliphatic carboxylic acids is 1. The summed E-state index contributed by atoms with van der Waals surface area (Å²) in [6.45, 7) is 1.48. The number of hydrogen-bond acceptors (Lipinski definition) is 11. The number of nitrogens with one attached hydrogen (secondary N) is 2. The molecule has 12 nitrogen and oxygen atoms in total. The Balaban J connectivity index is 0.00000271. The first-order chi connectivity index (χ1) is 25.2. The van der Waals surface area contributed by atoms with Crippen LogP contribution in [0, 0.1) is 0 Å². The zero-order chi connectivity index (χ0) is 36.8. The fourth-order valence-corrected chi connectivity index (χ4v) is 7.88. The maximum absolute atomic E-state index is 10.9. The number of carbonyl (C=O) groups is 1. The van der Waals surface area contributed by atoms with Gasteiger partial charge in [-0.15, -0.1) is 0 Å². The lowest BCUT2D eigenvalue weighted by Gasteiger charge is -2.19. The van der Waals surface area contributed by atoms with Crippen molar-refractivity contribution in [3.63, 3.8) is 0 Å². The monoisotopic (exact) mass is 942 g/mol. The van der Waals surface area contributed by atoms with Gasteiger partial charge in [0.25, 0.3) is 0 Å². The van der Waals surface area contributed by atoms with Crippen molar-refractivity contribution in [1.29, 1.82) is 0 Å². The molecule has 3 atom stereocenters. The molecule has 0 saturated carbocycles. The van der Waals surface area contributed by atoms with Crippen molar-refractivity contribution in [2.45, 2.75) is 63.5 Å². The van der Waals surface area contributed by atoms with E-state index in [1.54, 1.807) is 7.11 Å². The fraction of sp³-hybridized carbons (Fsp3) is 0.395. The zero-order valence-electron chi connectivity index (χ0n) is 30.5. The van der Waals surface area contributed by atoms with Crippen molar-refractivity contribution in [1.82, 2.24) is 20.6 Å². The second kappa shape index (κ2) is 21.7. The lowest BCUT2D eigenvalue weighted by molar-refractivity contribution is -0.139. The summed E-state index contributed by atoms with van der Waals surface area (Å²) in [4.78, 5) is 20.2. The Labute approximate surface area is 358 Å². The molecule has 2 aliphatic rings. The number of halogens is 2. The topological polar surface area (TPSA) is 165 Å². The minimum absolute atomic E-state index is 0. The number of carboxylic acids is 1. The number of benzene rings is 2. The van der Waals surface area contributed by atoms with Crippen LogP contribution < -0.4 is 29.6 Å². The highest BCUT2D eigenvalue weighted by atomic mass is 79.9. The molecule has 2 aliphatic carbocycles. The largest absolute Gasteiger partial charge is 0.481 e. The number of pyridine rings is 2. The number of aliphatic hydroxyl groups excluding tert-OH is 2. The molecule has 0 unspecified atom stereocenters. The number of fused-ring (bicyclic) bond motifs is 2. The molecule has 0 fully saturated rings. The third-order valence-corrected chi connectivity index (χ3v) is 10.4. The van der Waals surface area contributed by atoms with Crippen LogP contribution in [0.15, 0.2) is 57.5 Å². The molecule has 17 heteroatoms. The van der Waals surface area contributed by atoms with Gasteiger partial charge in [0, 0.05) is 37.3 Å². The summed E-state index contributed by atoms with van der Waals surface area (Å²) in [6, 6.07) is 16.6. The zero-order valence-corrected chi connectivity index (χ0v) is 36.6. The van der Waals surface area contributed by atoms with Crippen LogP contribution in [-0.4, -0.2) is 71.3 Å². The van der Waals surface area contributed by atoms with Gasteiger partial charge < -0.3 is 44.9 Å². The van der Waals surface area contributed by atoms with Gasteiger partial charge in [-0.05, 0) is 103 Å². The molecular formula is C38H48Br2N4O8S3. The predicted octanol–water partition coefficient (Wildman–Crippen LogP) is 6.16. The molecule has 0 saturated heterocycles. The number of ether oxygens (including phenoxy) is 4. The van der Waals surface area contributed by atoms with Crippen LogP contribution in [0.25, 0.3) is 11.1 Å². The summed E-state index contributed by atoms with van der Waals surface area (Å²) < 4.78 is 25.6. The van der Waals surface area contributed by atoms with Crippen LogP contribution in [-0.2, 0) is 30.7 Å². The third kappa shape index (κ3) is 11.0. The van der Waals surface area contributed by atoms with Gasteiger partial charge in [-0.2, -0.15) is 50.5 Å². The van der Waals surface area contributed by atoms with Gasteiger partial charge in [-0.1, -0.05) is 36.4 Å². The van der Waals surface area contributed by atoms with Crippen molar-refractivity contribution < 1.29 is 39.1 Å². The number of nitrogens with zero attached hydrogens (tertiary/aromatic N) is 2. The molecular weight excluding hydrogens is 896 g/mol. The lowest BCUT2D eigenvalue weighted by atomic mass is 9.91. The van der Waals surface area contributed by atoms with Crippen LogP contribution in [0.4, 0.5) is 0 Å². The molecule has 0 spiro atoms. The van der Waals surface area contributed by atoms with Gasteiger partial charge in [0.05, 0.1) is 42.3 Å². The van der Waals surface area contributed by atoms with Crippen LogP contribution >= 0.6 is 72.3 Å². The van der Waals surface area contributed by atoms with Crippen LogP contribution in [0.1, 0.15) is 64.9 Å². The third-order valence-electron chi connectivity index (χ3n) is 9.29.